The van der Waals surface area contributed by atoms with Crippen LogP contribution in [0.15, 0.2) is 29.3 Å². The molecule has 2 aromatic rings. The molecule has 0 atom stereocenters. The summed E-state index contributed by atoms with van der Waals surface area (Å²) < 4.78 is 37.8. The predicted molar refractivity (Wildman–Crippen MR) is 73.6 cm³/mol. The van der Waals surface area contributed by atoms with Crippen molar-refractivity contribution in [1.29, 1.82) is 0 Å². The van der Waals surface area contributed by atoms with E-state index in [0.717, 1.165) is 11.8 Å². The molecule has 0 bridgehead atoms. The Bertz CT molecular complexity index is 740. The first-order chi connectivity index (χ1) is 9.31. The molecule has 0 saturated carbocycles. The van der Waals surface area contributed by atoms with Crippen LogP contribution in [0, 0.1) is 5.82 Å². The summed E-state index contributed by atoms with van der Waals surface area (Å²) >= 11 is 0. The van der Waals surface area contributed by atoms with Crippen LogP contribution in [-0.2, 0) is 23.5 Å². The molecule has 20 heavy (non-hydrogen) atoms. The maximum Gasteiger partial charge on any atom is 0.238 e. The van der Waals surface area contributed by atoms with Gasteiger partial charge in [-0.3, -0.25) is 4.68 Å². The van der Waals surface area contributed by atoms with E-state index in [4.69, 9.17) is 5.14 Å². The number of benzene rings is 1. The normalized spacial score (nSPS) is 11.6. The van der Waals surface area contributed by atoms with Gasteiger partial charge in [0.25, 0.3) is 0 Å². The summed E-state index contributed by atoms with van der Waals surface area (Å²) in [5.74, 6) is -0.692. The third kappa shape index (κ3) is 2.97. The van der Waals surface area contributed by atoms with Gasteiger partial charge in [-0.05, 0) is 24.6 Å². The molecular formula is C12H15FN4O2S. The van der Waals surface area contributed by atoms with Gasteiger partial charge in [0.15, 0.2) is 0 Å². The van der Waals surface area contributed by atoms with Crippen molar-refractivity contribution < 1.29 is 12.8 Å². The van der Waals surface area contributed by atoms with Gasteiger partial charge in [-0.25, -0.2) is 17.9 Å². The number of hydrogen-bond donors (Lipinski definition) is 2. The minimum Gasteiger partial charge on any atom is -0.350 e. The Morgan fingerprint density at radius 2 is 2.10 bits per heavy atom. The molecule has 1 aromatic heterocycles. The summed E-state index contributed by atoms with van der Waals surface area (Å²) in [5, 5.41) is 12.1. The van der Waals surface area contributed by atoms with Gasteiger partial charge in [0.2, 0.25) is 10.0 Å². The fourth-order valence-corrected chi connectivity index (χ4v) is 2.34. The number of anilines is 2. The molecule has 0 unspecified atom stereocenters. The van der Waals surface area contributed by atoms with E-state index in [1.165, 1.54) is 12.1 Å². The highest BCUT2D eigenvalue weighted by Crippen LogP contribution is 2.24. The Morgan fingerprint density at radius 1 is 1.40 bits per heavy atom. The van der Waals surface area contributed by atoms with Crippen LogP contribution in [0.3, 0.4) is 0 Å². The van der Waals surface area contributed by atoms with Crippen LogP contribution in [0.2, 0.25) is 0 Å². The summed E-state index contributed by atoms with van der Waals surface area (Å²) in [6.07, 6.45) is 2.42. The van der Waals surface area contributed by atoms with Crippen LogP contribution in [0.1, 0.15) is 12.6 Å². The fraction of sp³-hybridized carbons (Fsp3) is 0.250. The first kappa shape index (κ1) is 14.5. The van der Waals surface area contributed by atoms with Crippen LogP contribution in [0.4, 0.5) is 15.8 Å². The van der Waals surface area contributed by atoms with Gasteiger partial charge in [-0.15, -0.1) is 0 Å². The second kappa shape index (κ2) is 5.22. The minimum absolute atomic E-state index is 0.167. The third-order valence-electron chi connectivity index (χ3n) is 2.78. The molecule has 6 nitrogen and oxygen atoms in total. The number of nitrogens with one attached hydrogen (secondary N) is 1. The molecule has 0 aliphatic rings. The number of rotatable bonds is 4. The van der Waals surface area contributed by atoms with Crippen molar-refractivity contribution in [3.63, 3.8) is 0 Å². The number of aromatic nitrogens is 2. The van der Waals surface area contributed by atoms with E-state index in [0.29, 0.717) is 12.1 Å². The highest BCUT2D eigenvalue weighted by molar-refractivity contribution is 7.89. The quantitative estimate of drug-likeness (QED) is 0.895. The van der Waals surface area contributed by atoms with E-state index in [1.54, 1.807) is 17.9 Å². The Morgan fingerprint density at radius 3 is 2.65 bits per heavy atom. The van der Waals surface area contributed by atoms with Gasteiger partial charge in [0.05, 0.1) is 22.0 Å². The molecule has 0 saturated heterocycles. The fourth-order valence-electron chi connectivity index (χ4n) is 1.82. The van der Waals surface area contributed by atoms with Crippen molar-refractivity contribution in [2.24, 2.45) is 12.2 Å². The summed E-state index contributed by atoms with van der Waals surface area (Å²) in [7, 11) is -2.14. The van der Waals surface area contributed by atoms with Gasteiger partial charge >= 0.3 is 0 Å². The molecule has 108 valence electrons. The lowest BCUT2D eigenvalue weighted by Crippen LogP contribution is -2.12. The number of primary sulfonamides is 1. The molecule has 8 heteroatoms. The number of nitrogens with zero attached hydrogens (tertiary/aromatic N) is 2. The average Bonchev–Trinajstić information content (AvgIpc) is 2.70. The topological polar surface area (TPSA) is 90.0 Å². The Hall–Kier alpha value is -1.93. The van der Waals surface area contributed by atoms with Crippen LogP contribution < -0.4 is 10.5 Å². The minimum atomic E-state index is -3.91. The average molecular weight is 298 g/mol. The molecule has 1 aromatic carbocycles. The lowest BCUT2D eigenvalue weighted by Gasteiger charge is -2.08. The second-order valence-corrected chi connectivity index (χ2v) is 5.89. The molecule has 0 aliphatic carbocycles. The van der Waals surface area contributed by atoms with Crippen molar-refractivity contribution in [1.82, 2.24) is 9.78 Å². The van der Waals surface area contributed by atoms with E-state index in [1.807, 2.05) is 6.92 Å². The van der Waals surface area contributed by atoms with E-state index in [2.05, 4.69) is 10.4 Å². The summed E-state index contributed by atoms with van der Waals surface area (Å²) in [6, 6.07) is 3.48. The first-order valence-corrected chi connectivity index (χ1v) is 7.47. The molecule has 2 rings (SSSR count). The molecule has 0 spiro atoms. The van der Waals surface area contributed by atoms with Gasteiger partial charge in [0, 0.05) is 13.2 Å². The monoisotopic (exact) mass is 298 g/mol. The van der Waals surface area contributed by atoms with Crippen molar-refractivity contribution in [3.8, 4) is 0 Å². The summed E-state index contributed by atoms with van der Waals surface area (Å²) in [5.41, 5.74) is 1.64. The standard InChI is InChI=1S/C12H15FN4O2S/c1-3-10-12(7-17(2)16-10)15-11-5-4-8(6-9(11)13)20(14,18)19/h4-7,15H,3H2,1-2H3,(H2,14,18,19). The van der Waals surface area contributed by atoms with Crippen LogP contribution >= 0.6 is 0 Å². The molecule has 0 fully saturated rings. The molecule has 0 amide bonds. The molecule has 1 heterocycles. The SMILES string of the molecule is CCc1nn(C)cc1Nc1ccc(S(N)(=O)=O)cc1F. The highest BCUT2D eigenvalue weighted by atomic mass is 32.2. The first-order valence-electron chi connectivity index (χ1n) is 5.93. The summed E-state index contributed by atoms with van der Waals surface area (Å²) in [6.45, 7) is 1.94. The second-order valence-electron chi connectivity index (χ2n) is 4.33. The van der Waals surface area contributed by atoms with E-state index in [-0.39, 0.29) is 10.6 Å². The third-order valence-corrected chi connectivity index (χ3v) is 3.69. The number of aryl methyl sites for hydroxylation is 2. The predicted octanol–water partition coefficient (Wildman–Crippen LogP) is 1.51. The zero-order valence-corrected chi connectivity index (χ0v) is 11.9. The number of halogens is 1. The zero-order valence-electron chi connectivity index (χ0n) is 11.1. The van der Waals surface area contributed by atoms with Gasteiger partial charge in [-0.1, -0.05) is 6.92 Å². The highest BCUT2D eigenvalue weighted by Gasteiger charge is 2.13. The maximum absolute atomic E-state index is 13.9. The van der Waals surface area contributed by atoms with Gasteiger partial charge in [0.1, 0.15) is 5.82 Å². The number of nitrogens with two attached hydrogens (primary N) is 1. The lowest BCUT2D eigenvalue weighted by atomic mass is 10.2. The Kier molecular flexibility index (Phi) is 3.78. The summed E-state index contributed by atoms with van der Waals surface area (Å²) in [4.78, 5) is -0.262. The van der Waals surface area contributed by atoms with Crippen LogP contribution in [0.25, 0.3) is 0 Å². The number of sulfonamides is 1. The van der Waals surface area contributed by atoms with E-state index >= 15 is 0 Å². The van der Waals surface area contributed by atoms with Crippen molar-refractivity contribution in [2.45, 2.75) is 18.2 Å². The smallest absolute Gasteiger partial charge is 0.238 e. The van der Waals surface area contributed by atoms with E-state index in [9.17, 15) is 12.8 Å². The van der Waals surface area contributed by atoms with Crippen molar-refractivity contribution in [3.05, 3.63) is 35.9 Å². The molecule has 0 radical (unpaired) electrons. The zero-order chi connectivity index (χ0) is 14.9. The van der Waals surface area contributed by atoms with Crippen molar-refractivity contribution >= 4 is 21.4 Å². The van der Waals surface area contributed by atoms with Crippen LogP contribution in [-0.4, -0.2) is 18.2 Å². The molecule has 3 N–H and O–H groups in total. The Labute approximate surface area is 116 Å². The molecule has 0 aliphatic heterocycles. The lowest BCUT2D eigenvalue weighted by molar-refractivity contribution is 0.593. The molecular weight excluding hydrogens is 283 g/mol. The number of hydrogen-bond acceptors (Lipinski definition) is 4. The maximum atomic E-state index is 13.9. The van der Waals surface area contributed by atoms with Gasteiger partial charge < -0.3 is 5.32 Å². The van der Waals surface area contributed by atoms with E-state index < -0.39 is 15.8 Å². The Balaban J connectivity index is 2.35. The van der Waals surface area contributed by atoms with Crippen LogP contribution in [0.5, 0.6) is 0 Å². The van der Waals surface area contributed by atoms with Gasteiger partial charge in [-0.2, -0.15) is 5.10 Å². The largest absolute Gasteiger partial charge is 0.350 e. The van der Waals surface area contributed by atoms with Crippen molar-refractivity contribution in [2.75, 3.05) is 5.32 Å².